The van der Waals surface area contributed by atoms with E-state index in [1.807, 2.05) is 0 Å². The number of carbonyl (C=O) groups is 1. The van der Waals surface area contributed by atoms with E-state index in [4.69, 9.17) is 10.5 Å². The van der Waals surface area contributed by atoms with E-state index in [9.17, 15) is 10.1 Å². The molecule has 8 nitrogen and oxygen atoms in total. The van der Waals surface area contributed by atoms with Gasteiger partial charge in [-0.2, -0.15) is 5.26 Å². The molecule has 3 aromatic rings. The summed E-state index contributed by atoms with van der Waals surface area (Å²) in [5.74, 6) is 0.496. The minimum atomic E-state index is -0.114. The lowest BCUT2D eigenvalue weighted by atomic mass is 9.91. The summed E-state index contributed by atoms with van der Waals surface area (Å²) in [5.41, 5.74) is 9.90. The van der Waals surface area contributed by atoms with Gasteiger partial charge in [0.05, 0.1) is 18.4 Å². The summed E-state index contributed by atoms with van der Waals surface area (Å²) >= 11 is 0. The number of hydrogen-bond donors (Lipinski definition) is 1. The van der Waals surface area contributed by atoms with Crippen LogP contribution >= 0.6 is 0 Å². The number of anilines is 1. The number of nitriles is 1. The van der Waals surface area contributed by atoms with Gasteiger partial charge in [-0.15, -0.1) is 0 Å². The van der Waals surface area contributed by atoms with Crippen molar-refractivity contribution >= 4 is 11.7 Å². The first-order valence-corrected chi connectivity index (χ1v) is 9.03. The van der Waals surface area contributed by atoms with Gasteiger partial charge < -0.3 is 15.4 Å². The van der Waals surface area contributed by atoms with Crippen molar-refractivity contribution < 1.29 is 9.53 Å². The minimum Gasteiger partial charge on any atom is -0.481 e. The van der Waals surface area contributed by atoms with Crippen molar-refractivity contribution in [2.45, 2.75) is 13.0 Å². The number of methoxy groups -OCH3 is 1. The van der Waals surface area contributed by atoms with Crippen LogP contribution < -0.4 is 10.5 Å². The maximum absolute atomic E-state index is 12.9. The number of ether oxygens (including phenoxy) is 1. The quantitative estimate of drug-likeness (QED) is 0.733. The summed E-state index contributed by atoms with van der Waals surface area (Å²) in [6.45, 7) is 0.836. The molecule has 0 fully saturated rings. The molecule has 0 saturated heterocycles. The lowest BCUT2D eigenvalue weighted by molar-refractivity contribution is 0.0733. The van der Waals surface area contributed by atoms with Gasteiger partial charge in [0.15, 0.2) is 0 Å². The van der Waals surface area contributed by atoms with Gasteiger partial charge in [0, 0.05) is 55.3 Å². The highest BCUT2D eigenvalue weighted by atomic mass is 16.5. The number of nitrogens with zero attached hydrogens (tertiary/aromatic N) is 5. The van der Waals surface area contributed by atoms with Crippen LogP contribution in [0.15, 0.2) is 42.9 Å². The van der Waals surface area contributed by atoms with E-state index in [0.717, 1.165) is 16.8 Å². The zero-order chi connectivity index (χ0) is 20.4. The Morgan fingerprint density at radius 1 is 1.34 bits per heavy atom. The van der Waals surface area contributed by atoms with E-state index in [1.165, 1.54) is 7.11 Å². The van der Waals surface area contributed by atoms with Gasteiger partial charge in [0.25, 0.3) is 5.91 Å². The molecule has 0 saturated carbocycles. The number of pyridine rings is 3. The second kappa shape index (κ2) is 7.56. The van der Waals surface area contributed by atoms with Crippen molar-refractivity contribution in [3.63, 3.8) is 0 Å². The van der Waals surface area contributed by atoms with E-state index in [-0.39, 0.29) is 17.3 Å². The van der Waals surface area contributed by atoms with Gasteiger partial charge in [0.2, 0.25) is 5.88 Å². The third kappa shape index (κ3) is 3.34. The van der Waals surface area contributed by atoms with E-state index in [1.54, 1.807) is 47.8 Å². The molecule has 144 valence electrons. The summed E-state index contributed by atoms with van der Waals surface area (Å²) in [7, 11) is 1.53. The highest BCUT2D eigenvalue weighted by Crippen LogP contribution is 2.36. The van der Waals surface area contributed by atoms with Crippen LogP contribution in [0.3, 0.4) is 0 Å². The van der Waals surface area contributed by atoms with Crippen molar-refractivity contribution in [1.29, 1.82) is 5.26 Å². The van der Waals surface area contributed by atoms with Crippen LogP contribution in [-0.2, 0) is 13.0 Å². The first kappa shape index (κ1) is 18.4. The fourth-order valence-corrected chi connectivity index (χ4v) is 3.53. The molecule has 1 amide bonds. The van der Waals surface area contributed by atoms with Crippen molar-refractivity contribution in [2.75, 3.05) is 19.4 Å². The third-order valence-electron chi connectivity index (χ3n) is 4.92. The Kier molecular flexibility index (Phi) is 4.79. The number of nitrogens with two attached hydrogens (primary N) is 1. The molecule has 0 aliphatic carbocycles. The highest BCUT2D eigenvalue weighted by Gasteiger charge is 2.28. The number of hydrogen-bond acceptors (Lipinski definition) is 7. The van der Waals surface area contributed by atoms with Gasteiger partial charge in [0.1, 0.15) is 17.5 Å². The standard InChI is InChI=1S/C21H18N6O2/c1-29-18-9-13(4-7-25-18)19-15(10-22)20(23)26-17-5-8-27(12-16(17)19)21(28)14-3-2-6-24-11-14/h2-4,6-7,9,11H,5,8,12H2,1H3,(H2,23,26). The molecule has 0 atom stereocenters. The molecular formula is C21H18N6O2. The predicted octanol–water partition coefficient (Wildman–Crippen LogP) is 2.20. The van der Waals surface area contributed by atoms with E-state index in [2.05, 4.69) is 21.0 Å². The molecule has 0 radical (unpaired) electrons. The van der Waals surface area contributed by atoms with Gasteiger partial charge in [-0.05, 0) is 23.8 Å². The molecular weight excluding hydrogens is 368 g/mol. The first-order chi connectivity index (χ1) is 14.1. The number of amides is 1. The molecule has 2 N–H and O–H groups in total. The fraction of sp³-hybridized carbons (Fsp3) is 0.190. The number of rotatable bonds is 3. The Labute approximate surface area is 167 Å². The summed E-state index contributed by atoms with van der Waals surface area (Å²) in [6.07, 6.45) is 5.34. The van der Waals surface area contributed by atoms with Crippen LogP contribution in [0.4, 0.5) is 5.82 Å². The van der Waals surface area contributed by atoms with Gasteiger partial charge in [-0.25, -0.2) is 9.97 Å². The van der Waals surface area contributed by atoms with E-state index < -0.39 is 0 Å². The SMILES string of the molecule is COc1cc(-c2c(C#N)c(N)nc3c2CN(C(=O)c2cccnc2)CC3)ccn1. The molecule has 4 heterocycles. The van der Waals surface area contributed by atoms with Crippen LogP contribution in [0.2, 0.25) is 0 Å². The average molecular weight is 386 g/mol. The summed E-state index contributed by atoms with van der Waals surface area (Å²) in [5, 5.41) is 9.74. The Balaban J connectivity index is 1.82. The van der Waals surface area contributed by atoms with Crippen LogP contribution in [0.25, 0.3) is 11.1 Å². The summed E-state index contributed by atoms with van der Waals surface area (Å²) in [4.78, 5) is 27.3. The highest BCUT2D eigenvalue weighted by molar-refractivity contribution is 5.94. The van der Waals surface area contributed by atoms with Crippen LogP contribution in [0.1, 0.15) is 27.2 Å². The largest absolute Gasteiger partial charge is 0.481 e. The molecule has 1 aliphatic heterocycles. The zero-order valence-corrected chi connectivity index (χ0v) is 15.8. The normalized spacial score (nSPS) is 12.8. The van der Waals surface area contributed by atoms with Crippen molar-refractivity contribution in [1.82, 2.24) is 19.9 Å². The van der Waals surface area contributed by atoms with Crippen molar-refractivity contribution in [3.8, 4) is 23.1 Å². The number of carbonyl (C=O) groups excluding carboxylic acids is 1. The Morgan fingerprint density at radius 3 is 2.93 bits per heavy atom. The topological polar surface area (TPSA) is 118 Å². The van der Waals surface area contributed by atoms with Gasteiger partial charge in [-0.1, -0.05) is 0 Å². The smallest absolute Gasteiger partial charge is 0.255 e. The average Bonchev–Trinajstić information content (AvgIpc) is 2.78. The molecule has 3 aromatic heterocycles. The first-order valence-electron chi connectivity index (χ1n) is 9.03. The number of aromatic nitrogens is 3. The monoisotopic (exact) mass is 386 g/mol. The van der Waals surface area contributed by atoms with Crippen molar-refractivity contribution in [3.05, 3.63) is 65.2 Å². The van der Waals surface area contributed by atoms with Crippen LogP contribution in [-0.4, -0.2) is 39.4 Å². The maximum Gasteiger partial charge on any atom is 0.255 e. The molecule has 0 spiro atoms. The zero-order valence-electron chi connectivity index (χ0n) is 15.8. The minimum absolute atomic E-state index is 0.114. The second-order valence-electron chi connectivity index (χ2n) is 6.59. The molecule has 29 heavy (non-hydrogen) atoms. The lowest BCUT2D eigenvalue weighted by Crippen LogP contribution is -2.37. The lowest BCUT2D eigenvalue weighted by Gasteiger charge is -2.30. The van der Waals surface area contributed by atoms with E-state index in [0.29, 0.717) is 36.5 Å². The predicted molar refractivity (Wildman–Crippen MR) is 106 cm³/mol. The number of nitrogen functional groups attached to an aromatic ring is 1. The van der Waals surface area contributed by atoms with Gasteiger partial charge >= 0.3 is 0 Å². The van der Waals surface area contributed by atoms with Crippen LogP contribution in [0, 0.1) is 11.3 Å². The molecule has 0 bridgehead atoms. The van der Waals surface area contributed by atoms with E-state index >= 15 is 0 Å². The van der Waals surface area contributed by atoms with Crippen molar-refractivity contribution in [2.24, 2.45) is 0 Å². The molecule has 8 heteroatoms. The second-order valence-corrected chi connectivity index (χ2v) is 6.59. The Bertz CT molecular complexity index is 1120. The third-order valence-corrected chi connectivity index (χ3v) is 4.92. The number of fused-ring (bicyclic) bond motifs is 1. The molecule has 0 unspecified atom stereocenters. The molecule has 0 aromatic carbocycles. The molecule has 4 rings (SSSR count). The summed E-state index contributed by atoms with van der Waals surface area (Å²) in [6, 6.07) is 9.17. The summed E-state index contributed by atoms with van der Waals surface area (Å²) < 4.78 is 5.23. The fourth-order valence-electron chi connectivity index (χ4n) is 3.53. The maximum atomic E-state index is 12.9. The Morgan fingerprint density at radius 2 is 2.21 bits per heavy atom. The molecule has 1 aliphatic rings. The van der Waals surface area contributed by atoms with Gasteiger partial charge in [-0.3, -0.25) is 9.78 Å². The van der Waals surface area contributed by atoms with Crippen LogP contribution in [0.5, 0.6) is 5.88 Å². The Hall–Kier alpha value is -3.99.